The molecule has 1 aromatic rings. The van der Waals surface area contributed by atoms with Gasteiger partial charge in [-0.25, -0.2) is 0 Å². The molecule has 0 aromatic heterocycles. The summed E-state index contributed by atoms with van der Waals surface area (Å²) < 4.78 is 5.50. The largest absolute Gasteiger partial charge is 0.354 e. The van der Waals surface area contributed by atoms with Crippen LogP contribution in [0.15, 0.2) is 24.3 Å². The molecule has 3 heteroatoms. The van der Waals surface area contributed by atoms with Crippen molar-refractivity contribution in [3.8, 4) is 0 Å². The number of rotatable bonds is 4. The zero-order valence-corrected chi connectivity index (χ0v) is 10.6. The number of aryl methyl sites for hydroxylation is 1. The molecule has 0 bridgehead atoms. The summed E-state index contributed by atoms with van der Waals surface area (Å²) in [7, 11) is 0. The van der Waals surface area contributed by atoms with Gasteiger partial charge in [0.1, 0.15) is 6.10 Å². The van der Waals surface area contributed by atoms with Crippen LogP contribution in [0.25, 0.3) is 0 Å². The molecule has 92 valence electrons. The van der Waals surface area contributed by atoms with E-state index in [0.29, 0.717) is 0 Å². The van der Waals surface area contributed by atoms with Gasteiger partial charge in [0, 0.05) is 13.1 Å². The van der Waals surface area contributed by atoms with Crippen molar-refractivity contribution in [3.63, 3.8) is 0 Å². The summed E-state index contributed by atoms with van der Waals surface area (Å²) in [5, 5.41) is 0. The van der Waals surface area contributed by atoms with Crippen LogP contribution in [-0.2, 0) is 9.53 Å². The van der Waals surface area contributed by atoms with Gasteiger partial charge in [-0.3, -0.25) is 4.79 Å². The molecule has 1 amide bonds. The lowest BCUT2D eigenvalue weighted by Crippen LogP contribution is -2.34. The standard InChI is InChI=1S/C14H19NO2/c1-4-15(5-2)14(16)13-12(17-13)11-8-6-10(3)7-9-11/h6-9,12-13H,4-5H2,1-3H3/t12-,13+/m0/s1. The van der Waals surface area contributed by atoms with Crippen molar-refractivity contribution in [2.75, 3.05) is 13.1 Å². The normalized spacial score (nSPS) is 22.3. The molecule has 1 aromatic carbocycles. The van der Waals surface area contributed by atoms with Crippen molar-refractivity contribution in [2.24, 2.45) is 0 Å². The van der Waals surface area contributed by atoms with Crippen molar-refractivity contribution in [1.82, 2.24) is 4.90 Å². The van der Waals surface area contributed by atoms with Crippen LogP contribution in [0, 0.1) is 6.92 Å². The Bertz CT molecular complexity index is 395. The Morgan fingerprint density at radius 3 is 2.35 bits per heavy atom. The molecule has 0 spiro atoms. The molecule has 2 atom stereocenters. The second-order valence-corrected chi connectivity index (χ2v) is 4.40. The average molecular weight is 233 g/mol. The summed E-state index contributed by atoms with van der Waals surface area (Å²) in [5.41, 5.74) is 2.32. The van der Waals surface area contributed by atoms with E-state index in [0.717, 1.165) is 18.7 Å². The van der Waals surface area contributed by atoms with Crippen LogP contribution < -0.4 is 0 Å². The molecule has 0 unspecified atom stereocenters. The first-order chi connectivity index (χ1) is 8.17. The SMILES string of the molecule is CCN(CC)C(=O)[C@@H]1O[C@H]1c1ccc(C)cc1. The monoisotopic (exact) mass is 233 g/mol. The first-order valence-corrected chi connectivity index (χ1v) is 6.18. The molecular weight excluding hydrogens is 214 g/mol. The van der Waals surface area contributed by atoms with E-state index in [1.54, 1.807) is 0 Å². The second kappa shape index (κ2) is 4.88. The van der Waals surface area contributed by atoms with Crippen LogP contribution in [0.1, 0.15) is 31.1 Å². The topological polar surface area (TPSA) is 32.8 Å². The second-order valence-electron chi connectivity index (χ2n) is 4.40. The number of hydrogen-bond acceptors (Lipinski definition) is 2. The molecule has 0 saturated carbocycles. The van der Waals surface area contributed by atoms with Gasteiger partial charge in [-0.1, -0.05) is 29.8 Å². The van der Waals surface area contributed by atoms with Gasteiger partial charge in [-0.15, -0.1) is 0 Å². The first kappa shape index (κ1) is 12.1. The molecule has 0 aliphatic carbocycles. The first-order valence-electron chi connectivity index (χ1n) is 6.18. The predicted molar refractivity (Wildman–Crippen MR) is 66.7 cm³/mol. The van der Waals surface area contributed by atoms with Crippen molar-refractivity contribution in [3.05, 3.63) is 35.4 Å². The Balaban J connectivity index is 2.00. The van der Waals surface area contributed by atoms with Crippen molar-refractivity contribution in [1.29, 1.82) is 0 Å². The van der Waals surface area contributed by atoms with E-state index in [1.807, 2.05) is 30.9 Å². The molecule has 1 aliphatic heterocycles. The Morgan fingerprint density at radius 1 is 1.24 bits per heavy atom. The van der Waals surface area contributed by atoms with E-state index in [9.17, 15) is 4.79 Å². The number of ether oxygens (including phenoxy) is 1. The zero-order valence-electron chi connectivity index (χ0n) is 10.6. The van der Waals surface area contributed by atoms with Crippen LogP contribution in [0.4, 0.5) is 0 Å². The van der Waals surface area contributed by atoms with Gasteiger partial charge in [0.25, 0.3) is 5.91 Å². The molecule has 3 nitrogen and oxygen atoms in total. The third kappa shape index (κ3) is 2.50. The Morgan fingerprint density at radius 2 is 1.82 bits per heavy atom. The fourth-order valence-electron chi connectivity index (χ4n) is 2.03. The minimum Gasteiger partial charge on any atom is -0.354 e. The van der Waals surface area contributed by atoms with E-state index in [2.05, 4.69) is 19.1 Å². The molecular formula is C14H19NO2. The number of carbonyl (C=O) groups is 1. The molecule has 1 saturated heterocycles. The Hall–Kier alpha value is -1.35. The van der Waals surface area contributed by atoms with E-state index >= 15 is 0 Å². The summed E-state index contributed by atoms with van der Waals surface area (Å²) in [6, 6.07) is 8.18. The van der Waals surface area contributed by atoms with Crippen molar-refractivity contribution >= 4 is 5.91 Å². The van der Waals surface area contributed by atoms with E-state index in [4.69, 9.17) is 4.74 Å². The lowest BCUT2D eigenvalue weighted by molar-refractivity contribution is -0.132. The maximum Gasteiger partial charge on any atom is 0.254 e. The number of nitrogens with zero attached hydrogens (tertiary/aromatic N) is 1. The maximum absolute atomic E-state index is 12.0. The van der Waals surface area contributed by atoms with Gasteiger partial charge in [0.2, 0.25) is 0 Å². The number of carbonyl (C=O) groups excluding carboxylic acids is 1. The summed E-state index contributed by atoms with van der Waals surface area (Å²) in [6.45, 7) is 7.52. The van der Waals surface area contributed by atoms with E-state index in [1.165, 1.54) is 5.56 Å². The van der Waals surface area contributed by atoms with Crippen LogP contribution in [-0.4, -0.2) is 30.0 Å². The molecule has 1 fully saturated rings. The van der Waals surface area contributed by atoms with Gasteiger partial charge in [-0.2, -0.15) is 0 Å². The van der Waals surface area contributed by atoms with Crippen LogP contribution in [0.5, 0.6) is 0 Å². The smallest absolute Gasteiger partial charge is 0.254 e. The molecule has 2 rings (SSSR count). The zero-order chi connectivity index (χ0) is 12.4. The minimum atomic E-state index is -0.266. The third-order valence-electron chi connectivity index (χ3n) is 3.22. The highest BCUT2D eigenvalue weighted by Crippen LogP contribution is 2.39. The van der Waals surface area contributed by atoms with E-state index in [-0.39, 0.29) is 18.1 Å². The summed E-state index contributed by atoms with van der Waals surface area (Å²) in [5.74, 6) is 0.112. The third-order valence-corrected chi connectivity index (χ3v) is 3.22. The van der Waals surface area contributed by atoms with Gasteiger partial charge in [0.05, 0.1) is 0 Å². The quantitative estimate of drug-likeness (QED) is 0.748. The fourth-order valence-corrected chi connectivity index (χ4v) is 2.03. The molecule has 17 heavy (non-hydrogen) atoms. The summed E-state index contributed by atoms with van der Waals surface area (Å²) in [6.07, 6.45) is -0.304. The van der Waals surface area contributed by atoms with Gasteiger partial charge >= 0.3 is 0 Å². The molecule has 1 aliphatic rings. The Labute approximate surface area is 102 Å². The number of amides is 1. The number of hydrogen-bond donors (Lipinski definition) is 0. The maximum atomic E-state index is 12.0. The van der Waals surface area contributed by atoms with Crippen molar-refractivity contribution < 1.29 is 9.53 Å². The number of likely N-dealkylation sites (N-methyl/N-ethyl adjacent to an activating group) is 1. The molecule has 0 radical (unpaired) electrons. The minimum absolute atomic E-state index is 0.0382. The van der Waals surface area contributed by atoms with Crippen LogP contribution in [0.3, 0.4) is 0 Å². The lowest BCUT2D eigenvalue weighted by Gasteiger charge is -2.17. The average Bonchev–Trinajstić information content (AvgIpc) is 3.11. The highest BCUT2D eigenvalue weighted by Gasteiger charge is 2.47. The van der Waals surface area contributed by atoms with E-state index < -0.39 is 0 Å². The van der Waals surface area contributed by atoms with Crippen LogP contribution in [0.2, 0.25) is 0 Å². The Kier molecular flexibility index (Phi) is 3.48. The summed E-state index contributed by atoms with van der Waals surface area (Å²) >= 11 is 0. The van der Waals surface area contributed by atoms with Crippen LogP contribution >= 0.6 is 0 Å². The fraction of sp³-hybridized carbons (Fsp3) is 0.500. The van der Waals surface area contributed by atoms with Gasteiger partial charge in [-0.05, 0) is 26.3 Å². The molecule has 1 heterocycles. The van der Waals surface area contributed by atoms with Gasteiger partial charge < -0.3 is 9.64 Å². The number of epoxide rings is 1. The summed E-state index contributed by atoms with van der Waals surface area (Å²) in [4.78, 5) is 13.8. The predicted octanol–water partition coefficient (Wildman–Crippen LogP) is 2.30. The molecule has 0 N–H and O–H groups in total. The van der Waals surface area contributed by atoms with Crippen molar-refractivity contribution in [2.45, 2.75) is 33.0 Å². The van der Waals surface area contributed by atoms with Gasteiger partial charge in [0.15, 0.2) is 6.10 Å². The lowest BCUT2D eigenvalue weighted by atomic mass is 10.1. The highest BCUT2D eigenvalue weighted by atomic mass is 16.6. The highest BCUT2D eigenvalue weighted by molar-refractivity contribution is 5.84. The number of benzene rings is 1.